The Morgan fingerprint density at radius 3 is 2.90 bits per heavy atom. The summed E-state index contributed by atoms with van der Waals surface area (Å²) in [6.07, 6.45) is 0.680. The maximum absolute atomic E-state index is 12.5. The molecule has 0 saturated heterocycles. The van der Waals surface area contributed by atoms with Crippen LogP contribution < -0.4 is 15.8 Å². The number of para-hydroxylation sites is 1. The summed E-state index contributed by atoms with van der Waals surface area (Å²) in [7, 11) is 0. The van der Waals surface area contributed by atoms with Gasteiger partial charge in [-0.05, 0) is 46.6 Å². The van der Waals surface area contributed by atoms with E-state index in [1.165, 1.54) is 0 Å². The van der Waals surface area contributed by atoms with E-state index in [1.54, 1.807) is 18.2 Å². The van der Waals surface area contributed by atoms with Crippen molar-refractivity contribution in [2.24, 2.45) is 0 Å². The van der Waals surface area contributed by atoms with E-state index in [1.807, 2.05) is 24.3 Å². The largest absolute Gasteiger partial charge is 0.493 e. The van der Waals surface area contributed by atoms with Crippen molar-refractivity contribution >= 4 is 33.2 Å². The average molecular weight is 347 g/mol. The van der Waals surface area contributed by atoms with Crippen molar-refractivity contribution in [2.45, 2.75) is 12.3 Å². The topological polar surface area (TPSA) is 64.3 Å². The lowest BCUT2D eigenvalue weighted by molar-refractivity contribution is -0.118. The molecule has 0 aliphatic carbocycles. The van der Waals surface area contributed by atoms with Gasteiger partial charge < -0.3 is 15.8 Å². The molecular weight excluding hydrogens is 332 g/mol. The molecule has 3 N–H and O–H groups in total. The number of anilines is 2. The summed E-state index contributed by atoms with van der Waals surface area (Å²) in [6.45, 7) is 0.556. The van der Waals surface area contributed by atoms with Gasteiger partial charge in [-0.25, -0.2) is 0 Å². The predicted octanol–water partition coefficient (Wildman–Crippen LogP) is 3.54. The molecule has 2 aromatic rings. The van der Waals surface area contributed by atoms with Crippen LogP contribution in [0.4, 0.5) is 11.4 Å². The number of amides is 1. The zero-order valence-electron chi connectivity index (χ0n) is 11.3. The molecule has 2 aromatic carbocycles. The first-order chi connectivity index (χ1) is 10.1. The lowest BCUT2D eigenvalue weighted by Crippen LogP contribution is -2.26. The Bertz CT molecular complexity index is 688. The number of nitrogen functional groups attached to an aromatic ring is 1. The molecule has 0 aromatic heterocycles. The fourth-order valence-corrected chi connectivity index (χ4v) is 2.83. The van der Waals surface area contributed by atoms with E-state index < -0.39 is 0 Å². The fourth-order valence-electron chi connectivity index (χ4n) is 2.45. The molecule has 1 unspecified atom stereocenters. The van der Waals surface area contributed by atoms with Crippen LogP contribution in [0.25, 0.3) is 0 Å². The molecule has 0 radical (unpaired) electrons. The Morgan fingerprint density at radius 2 is 2.10 bits per heavy atom. The van der Waals surface area contributed by atoms with Crippen LogP contribution in [0, 0.1) is 0 Å². The highest BCUT2D eigenvalue weighted by molar-refractivity contribution is 9.10. The third-order valence-electron chi connectivity index (χ3n) is 3.54. The summed E-state index contributed by atoms with van der Waals surface area (Å²) < 4.78 is 6.36. The Hall–Kier alpha value is -2.01. The molecule has 4 nitrogen and oxygen atoms in total. The summed E-state index contributed by atoms with van der Waals surface area (Å²) in [5.41, 5.74) is 8.06. The summed E-state index contributed by atoms with van der Waals surface area (Å²) in [5.74, 6) is 0.580. The molecule has 1 aliphatic rings. The monoisotopic (exact) mass is 346 g/mol. The second kappa shape index (κ2) is 5.77. The van der Waals surface area contributed by atoms with Gasteiger partial charge in [-0.15, -0.1) is 0 Å². The first-order valence-corrected chi connectivity index (χ1v) is 7.52. The smallest absolute Gasteiger partial charge is 0.232 e. The van der Waals surface area contributed by atoms with E-state index in [0.717, 1.165) is 21.5 Å². The van der Waals surface area contributed by atoms with Crippen molar-refractivity contribution in [1.29, 1.82) is 0 Å². The van der Waals surface area contributed by atoms with Gasteiger partial charge in [-0.1, -0.05) is 18.2 Å². The molecule has 21 heavy (non-hydrogen) atoms. The molecule has 0 fully saturated rings. The van der Waals surface area contributed by atoms with Crippen molar-refractivity contribution in [1.82, 2.24) is 0 Å². The first kappa shape index (κ1) is 13.9. The molecular formula is C16H15BrN2O2. The molecule has 1 heterocycles. The Morgan fingerprint density at radius 1 is 1.29 bits per heavy atom. The minimum absolute atomic E-state index is 0.0255. The molecule has 3 rings (SSSR count). The van der Waals surface area contributed by atoms with E-state index in [-0.39, 0.29) is 11.8 Å². The molecule has 0 spiro atoms. The Balaban J connectivity index is 1.81. The van der Waals surface area contributed by atoms with Crippen molar-refractivity contribution in [3.63, 3.8) is 0 Å². The number of hydrogen-bond donors (Lipinski definition) is 2. The third kappa shape index (κ3) is 2.88. The van der Waals surface area contributed by atoms with E-state index in [4.69, 9.17) is 10.5 Å². The number of rotatable bonds is 2. The highest BCUT2D eigenvalue weighted by Gasteiger charge is 2.27. The number of fused-ring (bicyclic) bond motifs is 1. The van der Waals surface area contributed by atoms with Crippen LogP contribution >= 0.6 is 15.9 Å². The molecule has 0 saturated carbocycles. The van der Waals surface area contributed by atoms with Gasteiger partial charge in [0.2, 0.25) is 5.91 Å². The normalized spacial score (nSPS) is 16.7. The molecule has 1 aliphatic heterocycles. The number of hydrogen-bond acceptors (Lipinski definition) is 3. The van der Waals surface area contributed by atoms with E-state index >= 15 is 0 Å². The van der Waals surface area contributed by atoms with Crippen molar-refractivity contribution in [2.75, 3.05) is 17.7 Å². The van der Waals surface area contributed by atoms with Crippen LogP contribution in [0.15, 0.2) is 46.9 Å². The number of carbonyl (C=O) groups excluding carboxylic acids is 1. The van der Waals surface area contributed by atoms with Gasteiger partial charge in [-0.2, -0.15) is 0 Å². The maximum Gasteiger partial charge on any atom is 0.232 e. The van der Waals surface area contributed by atoms with Crippen LogP contribution in [0.1, 0.15) is 17.9 Å². The van der Waals surface area contributed by atoms with Crippen LogP contribution in [0.3, 0.4) is 0 Å². The average Bonchev–Trinajstić information content (AvgIpc) is 2.50. The molecule has 1 amide bonds. The SMILES string of the molecule is Nc1ccc(NC(=O)C2CCOc3ccccc32)cc1Br. The molecule has 1 atom stereocenters. The Kier molecular flexibility index (Phi) is 3.84. The molecule has 5 heteroatoms. The lowest BCUT2D eigenvalue weighted by Gasteiger charge is -2.25. The molecule has 0 bridgehead atoms. The molecule has 108 valence electrons. The van der Waals surface area contributed by atoms with Gasteiger partial charge in [0.15, 0.2) is 0 Å². The zero-order chi connectivity index (χ0) is 14.8. The number of nitrogens with one attached hydrogen (secondary N) is 1. The van der Waals surface area contributed by atoms with Crippen molar-refractivity contribution in [3.05, 3.63) is 52.5 Å². The number of benzene rings is 2. The zero-order valence-corrected chi connectivity index (χ0v) is 12.9. The van der Waals surface area contributed by atoms with E-state index in [0.29, 0.717) is 18.7 Å². The van der Waals surface area contributed by atoms with Crippen molar-refractivity contribution in [3.8, 4) is 5.75 Å². The van der Waals surface area contributed by atoms with E-state index in [2.05, 4.69) is 21.2 Å². The second-order valence-electron chi connectivity index (χ2n) is 4.95. The number of carbonyl (C=O) groups is 1. The summed E-state index contributed by atoms with van der Waals surface area (Å²) in [6, 6.07) is 13.0. The third-order valence-corrected chi connectivity index (χ3v) is 4.23. The highest BCUT2D eigenvalue weighted by atomic mass is 79.9. The Labute approximate surface area is 131 Å². The first-order valence-electron chi connectivity index (χ1n) is 6.73. The maximum atomic E-state index is 12.5. The van der Waals surface area contributed by atoms with Gasteiger partial charge in [-0.3, -0.25) is 4.79 Å². The van der Waals surface area contributed by atoms with E-state index in [9.17, 15) is 4.79 Å². The highest BCUT2D eigenvalue weighted by Crippen LogP contribution is 2.34. The van der Waals surface area contributed by atoms with Gasteiger partial charge in [0.05, 0.1) is 12.5 Å². The van der Waals surface area contributed by atoms with Gasteiger partial charge >= 0.3 is 0 Å². The number of ether oxygens (including phenoxy) is 1. The summed E-state index contributed by atoms with van der Waals surface area (Å²) in [5, 5.41) is 2.94. The number of halogens is 1. The van der Waals surface area contributed by atoms with Crippen LogP contribution in [0.2, 0.25) is 0 Å². The standard InChI is InChI=1S/C16H15BrN2O2/c17-13-9-10(5-6-14(13)18)19-16(20)12-7-8-21-15-4-2-1-3-11(12)15/h1-6,9,12H,7-8,18H2,(H,19,20). The number of nitrogens with two attached hydrogens (primary N) is 1. The fraction of sp³-hybridized carbons (Fsp3) is 0.188. The summed E-state index contributed by atoms with van der Waals surface area (Å²) >= 11 is 3.36. The van der Waals surface area contributed by atoms with Gasteiger partial charge in [0, 0.05) is 21.4 Å². The summed E-state index contributed by atoms with van der Waals surface area (Å²) in [4.78, 5) is 12.5. The minimum atomic E-state index is -0.189. The van der Waals surface area contributed by atoms with Gasteiger partial charge in [0.25, 0.3) is 0 Å². The van der Waals surface area contributed by atoms with Crippen LogP contribution in [-0.4, -0.2) is 12.5 Å². The minimum Gasteiger partial charge on any atom is -0.493 e. The second-order valence-corrected chi connectivity index (χ2v) is 5.81. The van der Waals surface area contributed by atoms with Crippen LogP contribution in [0.5, 0.6) is 5.75 Å². The lowest BCUT2D eigenvalue weighted by atomic mass is 9.92. The van der Waals surface area contributed by atoms with Crippen LogP contribution in [-0.2, 0) is 4.79 Å². The quantitative estimate of drug-likeness (QED) is 0.817. The predicted molar refractivity (Wildman–Crippen MR) is 86.5 cm³/mol. The van der Waals surface area contributed by atoms with Gasteiger partial charge in [0.1, 0.15) is 5.75 Å². The van der Waals surface area contributed by atoms with Crippen molar-refractivity contribution < 1.29 is 9.53 Å².